The zero-order chi connectivity index (χ0) is 18.1. The van der Waals surface area contributed by atoms with Gasteiger partial charge in [0.15, 0.2) is 0 Å². The molecule has 1 heterocycles. The van der Waals surface area contributed by atoms with Gasteiger partial charge in [-0.3, -0.25) is 0 Å². The first-order valence-electron chi connectivity index (χ1n) is 9.33. The fourth-order valence-corrected chi connectivity index (χ4v) is 12.0. The molecule has 134 valence electrons. The van der Waals surface area contributed by atoms with Crippen LogP contribution in [0.4, 0.5) is 0 Å². The summed E-state index contributed by atoms with van der Waals surface area (Å²) in [4.78, 5) is 2.37. The molecule has 2 atom stereocenters. The van der Waals surface area contributed by atoms with Gasteiger partial charge in [0.05, 0.1) is 6.61 Å². The van der Waals surface area contributed by atoms with Crippen molar-refractivity contribution in [2.75, 3.05) is 20.2 Å². The molecule has 0 aliphatic carbocycles. The van der Waals surface area contributed by atoms with Crippen LogP contribution < -0.4 is 10.4 Å². The van der Waals surface area contributed by atoms with E-state index < -0.39 is 8.07 Å². The van der Waals surface area contributed by atoms with E-state index in [2.05, 4.69) is 93.4 Å². The SMILES string of the molecule is CN1C[C@@H]([Si](c2ccccc2)(c2ccccc2)C(C)(C)C)C[C@@H]1CO. The highest BCUT2D eigenvalue weighted by atomic mass is 28.3. The largest absolute Gasteiger partial charge is 0.395 e. The van der Waals surface area contributed by atoms with Crippen LogP contribution in [0.15, 0.2) is 60.7 Å². The molecule has 0 saturated carbocycles. The summed E-state index contributed by atoms with van der Waals surface area (Å²) in [7, 11) is 0.0965. The van der Waals surface area contributed by atoms with Crippen LogP contribution in [-0.2, 0) is 0 Å². The summed E-state index contributed by atoms with van der Waals surface area (Å²) in [5.74, 6) is 0. The standard InChI is InChI=1S/C22H31NOSi/c1-22(2,3)25(19-11-7-5-8-12-19,20-13-9-6-10-14-20)21-15-18(17-24)23(4)16-21/h5-14,18,21,24H,15-17H2,1-4H3/t18-,21+/m1/s1. The Hall–Kier alpha value is -1.42. The molecule has 0 unspecified atom stereocenters. The lowest BCUT2D eigenvalue weighted by Gasteiger charge is -2.48. The van der Waals surface area contributed by atoms with Crippen molar-refractivity contribution in [3.63, 3.8) is 0 Å². The maximum atomic E-state index is 9.84. The topological polar surface area (TPSA) is 23.5 Å². The van der Waals surface area contributed by atoms with Crippen molar-refractivity contribution in [1.82, 2.24) is 4.90 Å². The number of aliphatic hydroxyl groups excluding tert-OH is 1. The third-order valence-corrected chi connectivity index (χ3v) is 12.6. The van der Waals surface area contributed by atoms with Crippen molar-refractivity contribution in [3.05, 3.63) is 60.7 Å². The summed E-state index contributed by atoms with van der Waals surface area (Å²) < 4.78 is 0. The lowest BCUT2D eigenvalue weighted by atomic mass is 10.2. The zero-order valence-electron chi connectivity index (χ0n) is 15.9. The number of likely N-dealkylation sites (tertiary alicyclic amines) is 1. The van der Waals surface area contributed by atoms with E-state index in [9.17, 15) is 5.11 Å². The van der Waals surface area contributed by atoms with Crippen molar-refractivity contribution in [3.8, 4) is 0 Å². The Kier molecular flexibility index (Phi) is 5.19. The maximum absolute atomic E-state index is 9.84. The molecule has 0 radical (unpaired) electrons. The van der Waals surface area contributed by atoms with Gasteiger partial charge in [-0.25, -0.2) is 0 Å². The van der Waals surface area contributed by atoms with Crippen LogP contribution in [0.25, 0.3) is 0 Å². The number of likely N-dealkylation sites (N-methyl/N-ethyl adjacent to an activating group) is 1. The van der Waals surface area contributed by atoms with Gasteiger partial charge in [0, 0.05) is 6.04 Å². The van der Waals surface area contributed by atoms with Gasteiger partial charge in [0.2, 0.25) is 0 Å². The number of nitrogens with zero attached hydrogens (tertiary/aromatic N) is 1. The second-order valence-corrected chi connectivity index (χ2v) is 13.6. The molecule has 1 aliphatic rings. The molecular weight excluding hydrogens is 322 g/mol. The molecule has 0 aromatic heterocycles. The van der Waals surface area contributed by atoms with Crippen LogP contribution in [0, 0.1) is 0 Å². The van der Waals surface area contributed by atoms with Crippen LogP contribution in [-0.4, -0.2) is 44.3 Å². The van der Waals surface area contributed by atoms with E-state index in [1.54, 1.807) is 0 Å². The van der Waals surface area contributed by atoms with Crippen molar-refractivity contribution >= 4 is 18.4 Å². The summed E-state index contributed by atoms with van der Waals surface area (Å²) in [5, 5.41) is 13.1. The Morgan fingerprint density at radius 2 is 1.44 bits per heavy atom. The van der Waals surface area contributed by atoms with Crippen molar-refractivity contribution < 1.29 is 5.11 Å². The van der Waals surface area contributed by atoms with E-state index in [0.29, 0.717) is 5.54 Å². The van der Waals surface area contributed by atoms with Crippen LogP contribution in [0.1, 0.15) is 27.2 Å². The predicted octanol–water partition coefficient (Wildman–Crippen LogP) is 3.12. The Morgan fingerprint density at radius 1 is 0.960 bits per heavy atom. The summed E-state index contributed by atoms with van der Waals surface area (Å²) in [6.07, 6.45) is 1.08. The van der Waals surface area contributed by atoms with Gasteiger partial charge in [-0.1, -0.05) is 91.8 Å². The van der Waals surface area contributed by atoms with E-state index in [1.807, 2.05) is 0 Å². The molecule has 0 spiro atoms. The predicted molar refractivity (Wildman–Crippen MR) is 109 cm³/mol. The van der Waals surface area contributed by atoms with Crippen molar-refractivity contribution in [1.29, 1.82) is 0 Å². The monoisotopic (exact) mass is 353 g/mol. The average molecular weight is 354 g/mol. The van der Waals surface area contributed by atoms with E-state index >= 15 is 0 Å². The van der Waals surface area contributed by atoms with Gasteiger partial charge in [0.25, 0.3) is 0 Å². The Morgan fingerprint density at radius 3 is 1.80 bits per heavy atom. The summed E-state index contributed by atoms with van der Waals surface area (Å²) in [6, 6.07) is 22.7. The Bertz CT molecular complexity index is 641. The van der Waals surface area contributed by atoms with Gasteiger partial charge < -0.3 is 10.0 Å². The second-order valence-electron chi connectivity index (χ2n) is 8.50. The summed E-state index contributed by atoms with van der Waals surface area (Å²) in [6.45, 7) is 8.59. The molecule has 25 heavy (non-hydrogen) atoms. The van der Waals surface area contributed by atoms with Crippen LogP contribution in [0.3, 0.4) is 0 Å². The van der Waals surface area contributed by atoms with Crippen LogP contribution in [0.2, 0.25) is 10.6 Å². The van der Waals surface area contributed by atoms with Gasteiger partial charge in [-0.2, -0.15) is 0 Å². The third kappa shape index (κ3) is 3.09. The lowest BCUT2D eigenvalue weighted by molar-refractivity contribution is 0.182. The molecule has 1 saturated heterocycles. The molecule has 1 fully saturated rings. The molecule has 1 N–H and O–H groups in total. The minimum absolute atomic E-state index is 0.186. The summed E-state index contributed by atoms with van der Waals surface area (Å²) >= 11 is 0. The highest BCUT2D eigenvalue weighted by Crippen LogP contribution is 2.47. The normalized spacial score (nSPS) is 22.3. The van der Waals surface area contributed by atoms with Crippen molar-refractivity contribution in [2.45, 2.75) is 43.8 Å². The van der Waals surface area contributed by atoms with E-state index in [0.717, 1.165) is 13.0 Å². The van der Waals surface area contributed by atoms with Gasteiger partial charge >= 0.3 is 0 Å². The molecule has 2 aromatic carbocycles. The average Bonchev–Trinajstić information content (AvgIpc) is 2.97. The van der Waals surface area contributed by atoms with Gasteiger partial charge in [-0.15, -0.1) is 0 Å². The molecular formula is C22H31NOSi. The number of aliphatic hydroxyl groups is 1. The number of hydrogen-bond acceptors (Lipinski definition) is 2. The molecule has 2 aromatic rings. The summed E-state index contributed by atoms with van der Waals surface area (Å²) in [5.41, 5.74) is 0.597. The van der Waals surface area contributed by atoms with Crippen molar-refractivity contribution in [2.24, 2.45) is 0 Å². The molecule has 3 rings (SSSR count). The Balaban J connectivity index is 2.24. The first kappa shape index (κ1) is 18.4. The fourth-order valence-electron chi connectivity index (χ4n) is 5.13. The minimum Gasteiger partial charge on any atom is -0.395 e. The maximum Gasteiger partial charge on any atom is 0.127 e. The second kappa shape index (κ2) is 7.06. The van der Waals surface area contributed by atoms with Gasteiger partial charge in [-0.05, 0) is 30.6 Å². The highest BCUT2D eigenvalue weighted by Gasteiger charge is 2.55. The number of rotatable bonds is 4. The molecule has 0 amide bonds. The first-order chi connectivity index (χ1) is 11.9. The van der Waals surface area contributed by atoms with E-state index in [-0.39, 0.29) is 17.7 Å². The van der Waals surface area contributed by atoms with Gasteiger partial charge in [0.1, 0.15) is 8.07 Å². The minimum atomic E-state index is -2.07. The smallest absolute Gasteiger partial charge is 0.127 e. The highest BCUT2D eigenvalue weighted by molar-refractivity contribution is 7.05. The molecule has 3 heteroatoms. The quantitative estimate of drug-likeness (QED) is 0.854. The number of hydrogen-bond donors (Lipinski definition) is 1. The first-order valence-corrected chi connectivity index (χ1v) is 11.4. The van der Waals surface area contributed by atoms with Crippen LogP contribution >= 0.6 is 0 Å². The van der Waals surface area contributed by atoms with E-state index in [1.165, 1.54) is 10.4 Å². The Labute approximate surface area is 153 Å². The fraction of sp³-hybridized carbons (Fsp3) is 0.455. The van der Waals surface area contributed by atoms with Crippen LogP contribution in [0.5, 0.6) is 0 Å². The number of benzene rings is 2. The third-order valence-electron chi connectivity index (χ3n) is 6.15. The zero-order valence-corrected chi connectivity index (χ0v) is 16.9. The molecule has 0 bridgehead atoms. The lowest BCUT2D eigenvalue weighted by Crippen LogP contribution is -2.67. The molecule has 2 nitrogen and oxygen atoms in total. The van der Waals surface area contributed by atoms with E-state index in [4.69, 9.17) is 0 Å². The molecule has 1 aliphatic heterocycles.